The first-order valence-corrected chi connectivity index (χ1v) is 8.75. The zero-order chi connectivity index (χ0) is 19.4. The van der Waals surface area contributed by atoms with Crippen molar-refractivity contribution < 1.29 is 18.7 Å². The van der Waals surface area contributed by atoms with E-state index in [-0.39, 0.29) is 24.9 Å². The Morgan fingerprint density at radius 2 is 1.96 bits per heavy atom. The van der Waals surface area contributed by atoms with E-state index in [0.29, 0.717) is 22.8 Å². The van der Waals surface area contributed by atoms with Gasteiger partial charge in [0.25, 0.3) is 5.91 Å². The summed E-state index contributed by atoms with van der Waals surface area (Å²) in [7, 11) is 0. The van der Waals surface area contributed by atoms with Gasteiger partial charge in [-0.3, -0.25) is 9.59 Å². The first-order chi connectivity index (χ1) is 12.9. The van der Waals surface area contributed by atoms with Crippen LogP contribution in [0, 0.1) is 11.7 Å². The Morgan fingerprint density at radius 3 is 2.67 bits per heavy atom. The van der Waals surface area contributed by atoms with Gasteiger partial charge in [0.1, 0.15) is 18.2 Å². The van der Waals surface area contributed by atoms with Gasteiger partial charge in [-0.2, -0.15) is 0 Å². The third-order valence-corrected chi connectivity index (χ3v) is 4.52. The highest BCUT2D eigenvalue weighted by molar-refractivity contribution is 6.30. The van der Waals surface area contributed by atoms with Crippen molar-refractivity contribution in [3.05, 3.63) is 70.0 Å². The minimum atomic E-state index is -0.605. The fourth-order valence-corrected chi connectivity index (χ4v) is 2.97. The highest BCUT2D eigenvalue weighted by Gasteiger charge is 2.21. The number of benzene rings is 2. The lowest BCUT2D eigenvalue weighted by Gasteiger charge is -2.19. The summed E-state index contributed by atoms with van der Waals surface area (Å²) in [5, 5.41) is 3.26. The predicted octanol–water partition coefficient (Wildman–Crippen LogP) is 2.72. The van der Waals surface area contributed by atoms with Crippen LogP contribution < -0.4 is 15.8 Å². The van der Waals surface area contributed by atoms with Gasteiger partial charge in [-0.05, 0) is 48.4 Å². The second kappa shape index (κ2) is 8.22. The Morgan fingerprint density at radius 1 is 1.22 bits per heavy atom. The van der Waals surface area contributed by atoms with E-state index in [0.717, 1.165) is 11.1 Å². The summed E-state index contributed by atoms with van der Waals surface area (Å²) in [6.07, 6.45) is 2.02. The molecule has 1 aliphatic heterocycles. The molecule has 140 valence electrons. The average Bonchev–Trinajstić information content (AvgIpc) is 2.65. The number of carbonyl (C=O) groups excluding carboxylic acids is 2. The molecule has 0 saturated carbocycles. The van der Waals surface area contributed by atoms with Gasteiger partial charge < -0.3 is 15.8 Å². The number of hydrogen-bond acceptors (Lipinski definition) is 3. The Bertz CT molecular complexity index is 897. The molecule has 0 aliphatic carbocycles. The number of nitrogens with two attached hydrogens (primary N) is 1. The molecule has 1 atom stereocenters. The van der Waals surface area contributed by atoms with E-state index in [9.17, 15) is 14.0 Å². The number of halogens is 2. The van der Waals surface area contributed by atoms with Gasteiger partial charge in [0, 0.05) is 17.1 Å². The molecule has 0 saturated heterocycles. The predicted molar refractivity (Wildman–Crippen MR) is 101 cm³/mol. The largest absolute Gasteiger partial charge is 0.488 e. The Hall–Kier alpha value is -2.86. The average molecular weight is 389 g/mol. The van der Waals surface area contributed by atoms with Crippen LogP contribution in [0.15, 0.2) is 48.0 Å². The van der Waals surface area contributed by atoms with Crippen molar-refractivity contribution in [1.82, 2.24) is 5.32 Å². The first kappa shape index (κ1) is 18.9. The Labute approximate surface area is 161 Å². The van der Waals surface area contributed by atoms with Gasteiger partial charge in [0.2, 0.25) is 5.91 Å². The van der Waals surface area contributed by atoms with Crippen molar-refractivity contribution in [2.24, 2.45) is 11.7 Å². The topological polar surface area (TPSA) is 81.4 Å². The summed E-state index contributed by atoms with van der Waals surface area (Å²) in [6.45, 7) is 0.199. The fraction of sp³-hybridized carbons (Fsp3) is 0.200. The van der Waals surface area contributed by atoms with Crippen LogP contribution in [-0.4, -0.2) is 25.0 Å². The Balaban J connectivity index is 1.64. The monoisotopic (exact) mass is 388 g/mol. The molecule has 0 spiro atoms. The van der Waals surface area contributed by atoms with Crippen LogP contribution in [0.25, 0.3) is 6.08 Å². The maximum atomic E-state index is 13.0. The summed E-state index contributed by atoms with van der Waals surface area (Å²) in [4.78, 5) is 24.1. The molecule has 7 heteroatoms. The second-order valence-corrected chi connectivity index (χ2v) is 6.72. The van der Waals surface area contributed by atoms with Crippen molar-refractivity contribution in [3.8, 4) is 5.75 Å². The number of primary amides is 1. The van der Waals surface area contributed by atoms with Crippen LogP contribution in [-0.2, 0) is 16.0 Å². The summed E-state index contributed by atoms with van der Waals surface area (Å²) in [6, 6.07) is 11.0. The molecular formula is C20H18ClFN2O3. The molecule has 0 aromatic heterocycles. The lowest BCUT2D eigenvalue weighted by atomic mass is 9.98. The molecule has 2 amide bonds. The smallest absolute Gasteiger partial charge is 0.250 e. The molecule has 27 heavy (non-hydrogen) atoms. The third-order valence-electron chi connectivity index (χ3n) is 4.28. The number of rotatable bonds is 6. The van der Waals surface area contributed by atoms with E-state index in [2.05, 4.69) is 5.32 Å². The number of fused-ring (bicyclic) bond motifs is 1. The quantitative estimate of drug-likeness (QED) is 0.798. The second-order valence-electron chi connectivity index (χ2n) is 6.28. The zero-order valence-corrected chi connectivity index (χ0v) is 15.1. The molecule has 3 N–H and O–H groups in total. The normalized spacial score (nSPS) is 13.8. The molecule has 1 heterocycles. The van der Waals surface area contributed by atoms with Gasteiger partial charge >= 0.3 is 0 Å². The summed E-state index contributed by atoms with van der Waals surface area (Å²) < 4.78 is 18.6. The van der Waals surface area contributed by atoms with Crippen LogP contribution in [0.5, 0.6) is 5.75 Å². The molecule has 0 bridgehead atoms. The van der Waals surface area contributed by atoms with Gasteiger partial charge in [-0.1, -0.05) is 23.7 Å². The SMILES string of the molecule is NC(=O)C(CNC(=O)C1=Cc2cc(Cl)ccc2OC1)Cc1ccc(F)cc1. The van der Waals surface area contributed by atoms with Crippen molar-refractivity contribution >= 4 is 29.5 Å². The minimum Gasteiger partial charge on any atom is -0.488 e. The first-order valence-electron chi connectivity index (χ1n) is 8.37. The minimum absolute atomic E-state index is 0.0747. The zero-order valence-electron chi connectivity index (χ0n) is 14.4. The van der Waals surface area contributed by atoms with E-state index in [1.165, 1.54) is 12.1 Å². The lowest BCUT2D eigenvalue weighted by molar-refractivity contribution is -0.122. The number of nitrogens with one attached hydrogen (secondary N) is 1. The molecule has 1 unspecified atom stereocenters. The summed E-state index contributed by atoms with van der Waals surface area (Å²) in [5.74, 6) is -1.18. The molecule has 2 aromatic carbocycles. The van der Waals surface area contributed by atoms with E-state index < -0.39 is 11.8 Å². The van der Waals surface area contributed by atoms with Crippen LogP contribution in [0.1, 0.15) is 11.1 Å². The molecule has 1 aliphatic rings. The molecule has 2 aromatic rings. The van der Waals surface area contributed by atoms with Crippen LogP contribution in [0.2, 0.25) is 5.02 Å². The maximum Gasteiger partial charge on any atom is 0.250 e. The number of ether oxygens (including phenoxy) is 1. The number of amides is 2. The summed E-state index contributed by atoms with van der Waals surface area (Å²) in [5.41, 5.74) is 7.35. The fourth-order valence-electron chi connectivity index (χ4n) is 2.79. The summed E-state index contributed by atoms with van der Waals surface area (Å²) >= 11 is 5.97. The van der Waals surface area contributed by atoms with E-state index in [1.807, 2.05) is 0 Å². The number of carbonyl (C=O) groups is 2. The van der Waals surface area contributed by atoms with E-state index >= 15 is 0 Å². The lowest BCUT2D eigenvalue weighted by Crippen LogP contribution is -2.38. The third kappa shape index (κ3) is 4.86. The molecule has 3 rings (SSSR count). The molecular weight excluding hydrogens is 371 g/mol. The Kier molecular flexibility index (Phi) is 5.76. The van der Waals surface area contributed by atoms with Gasteiger partial charge in [-0.15, -0.1) is 0 Å². The molecule has 0 fully saturated rings. The van der Waals surface area contributed by atoms with Gasteiger partial charge in [-0.25, -0.2) is 4.39 Å². The maximum absolute atomic E-state index is 13.0. The van der Waals surface area contributed by atoms with E-state index in [4.69, 9.17) is 22.1 Å². The highest BCUT2D eigenvalue weighted by atomic mass is 35.5. The molecule has 5 nitrogen and oxygen atoms in total. The van der Waals surface area contributed by atoms with Crippen molar-refractivity contribution in [1.29, 1.82) is 0 Å². The van der Waals surface area contributed by atoms with Crippen molar-refractivity contribution in [2.45, 2.75) is 6.42 Å². The van der Waals surface area contributed by atoms with Crippen molar-refractivity contribution in [3.63, 3.8) is 0 Å². The van der Waals surface area contributed by atoms with Gasteiger partial charge in [0.15, 0.2) is 0 Å². The molecule has 0 radical (unpaired) electrons. The van der Waals surface area contributed by atoms with E-state index in [1.54, 1.807) is 36.4 Å². The van der Waals surface area contributed by atoms with Crippen LogP contribution in [0.3, 0.4) is 0 Å². The van der Waals surface area contributed by atoms with Gasteiger partial charge in [0.05, 0.1) is 11.5 Å². The standard InChI is InChI=1S/C20H18ClFN2O3/c21-16-3-6-18-13(9-16)8-15(11-27-18)20(26)24-10-14(19(23)25)7-12-1-4-17(22)5-2-12/h1-6,8-9,14H,7,10-11H2,(H2,23,25)(H,24,26). The van der Waals surface area contributed by atoms with Crippen LogP contribution in [0.4, 0.5) is 4.39 Å². The van der Waals surface area contributed by atoms with Crippen LogP contribution >= 0.6 is 11.6 Å². The van der Waals surface area contributed by atoms with Crippen molar-refractivity contribution in [2.75, 3.05) is 13.2 Å². The highest BCUT2D eigenvalue weighted by Crippen LogP contribution is 2.29. The number of hydrogen-bond donors (Lipinski definition) is 2.